The van der Waals surface area contributed by atoms with E-state index in [0.29, 0.717) is 17.8 Å². The molecule has 2 aromatic carbocycles. The minimum absolute atomic E-state index is 0.0324. The fourth-order valence-corrected chi connectivity index (χ4v) is 4.31. The third-order valence-electron chi connectivity index (χ3n) is 5.05. The number of nitrogens with zero attached hydrogens (tertiary/aromatic N) is 1. The number of rotatable bonds is 8. The predicted octanol–water partition coefficient (Wildman–Crippen LogP) is 6.11. The summed E-state index contributed by atoms with van der Waals surface area (Å²) in [5.74, 6) is -0.0324. The highest BCUT2D eigenvalue weighted by molar-refractivity contribution is 7.99. The number of benzene rings is 2. The summed E-state index contributed by atoms with van der Waals surface area (Å²) in [6, 6.07) is 18.4. The Bertz CT molecular complexity index is 1110. The highest BCUT2D eigenvalue weighted by atomic mass is 32.2. The molecule has 0 aromatic heterocycles. The number of aliphatic imine (C=N–C) groups is 1. The number of carbonyl (C=O) groups excluding carboxylic acids is 1. The Morgan fingerprint density at radius 3 is 2.56 bits per heavy atom. The molecule has 32 heavy (non-hydrogen) atoms. The maximum absolute atomic E-state index is 12.0. The van der Waals surface area contributed by atoms with Crippen LogP contribution in [0.25, 0.3) is 5.70 Å². The number of amides is 1. The van der Waals surface area contributed by atoms with Gasteiger partial charge >= 0.3 is 0 Å². The first-order chi connectivity index (χ1) is 15.5. The first-order valence-electron chi connectivity index (χ1n) is 10.7. The van der Waals surface area contributed by atoms with Crippen molar-refractivity contribution in [1.82, 2.24) is 10.6 Å². The molecule has 0 saturated heterocycles. The summed E-state index contributed by atoms with van der Waals surface area (Å²) in [6.45, 7) is 10.7. The number of hydrogen-bond donors (Lipinski definition) is 2. The standard InChI is InChI=1S/C27H29N3OS/c1-5-12-25(23(6-2)30-24-17-18-28-27(31)19(24)3)29-20(4)22-15-10-11-16-26(22)32-21-13-8-7-9-14-21/h5-16,30H,4,17-18H2,1-3H3,(H,28,31)/b12-5-,23-6-,29-25?. The van der Waals surface area contributed by atoms with Gasteiger partial charge in [0.15, 0.2) is 0 Å². The van der Waals surface area contributed by atoms with Crippen LogP contribution >= 0.6 is 11.8 Å². The van der Waals surface area contributed by atoms with Gasteiger partial charge in [0, 0.05) is 39.6 Å². The highest BCUT2D eigenvalue weighted by Gasteiger charge is 2.18. The molecule has 2 aromatic rings. The molecule has 0 unspecified atom stereocenters. The normalized spacial score (nSPS) is 15.2. The van der Waals surface area contributed by atoms with Crippen molar-refractivity contribution < 1.29 is 4.79 Å². The molecule has 1 aliphatic heterocycles. The average molecular weight is 444 g/mol. The summed E-state index contributed by atoms with van der Waals surface area (Å²) in [6.07, 6.45) is 6.65. The third kappa shape index (κ3) is 5.89. The van der Waals surface area contributed by atoms with E-state index < -0.39 is 0 Å². The van der Waals surface area contributed by atoms with E-state index >= 15 is 0 Å². The number of carbonyl (C=O) groups is 1. The zero-order chi connectivity index (χ0) is 22.9. The van der Waals surface area contributed by atoms with Gasteiger partial charge in [0.25, 0.3) is 0 Å². The van der Waals surface area contributed by atoms with Gasteiger partial charge in [-0.2, -0.15) is 0 Å². The van der Waals surface area contributed by atoms with Crippen LogP contribution in [0.2, 0.25) is 0 Å². The summed E-state index contributed by atoms with van der Waals surface area (Å²) in [7, 11) is 0. The summed E-state index contributed by atoms with van der Waals surface area (Å²) in [5, 5.41) is 6.30. The zero-order valence-electron chi connectivity index (χ0n) is 18.8. The summed E-state index contributed by atoms with van der Waals surface area (Å²) < 4.78 is 0. The predicted molar refractivity (Wildman–Crippen MR) is 136 cm³/mol. The van der Waals surface area contributed by atoms with Crippen molar-refractivity contribution in [3.8, 4) is 0 Å². The van der Waals surface area contributed by atoms with Crippen LogP contribution in [0.4, 0.5) is 0 Å². The second kappa shape index (κ2) is 11.3. The van der Waals surface area contributed by atoms with E-state index in [1.165, 1.54) is 4.90 Å². The second-order valence-corrected chi connectivity index (χ2v) is 8.41. The molecule has 4 nitrogen and oxygen atoms in total. The van der Waals surface area contributed by atoms with Crippen LogP contribution in [0, 0.1) is 0 Å². The Balaban J connectivity index is 1.91. The van der Waals surface area contributed by atoms with Gasteiger partial charge in [-0.05, 0) is 45.0 Å². The van der Waals surface area contributed by atoms with Gasteiger partial charge in [0.2, 0.25) is 5.91 Å². The van der Waals surface area contributed by atoms with Crippen molar-refractivity contribution in [3.05, 3.63) is 102 Å². The first-order valence-corrected chi connectivity index (χ1v) is 11.5. The fourth-order valence-electron chi connectivity index (χ4n) is 3.32. The second-order valence-electron chi connectivity index (χ2n) is 7.29. The molecule has 0 saturated carbocycles. The number of hydrogen-bond acceptors (Lipinski definition) is 4. The highest BCUT2D eigenvalue weighted by Crippen LogP contribution is 2.33. The first kappa shape index (κ1) is 23.4. The lowest BCUT2D eigenvalue weighted by Crippen LogP contribution is -2.35. The molecule has 0 atom stereocenters. The number of nitrogens with one attached hydrogen (secondary N) is 2. The van der Waals surface area contributed by atoms with Crippen LogP contribution in [0.1, 0.15) is 32.8 Å². The van der Waals surface area contributed by atoms with Crippen molar-refractivity contribution in [3.63, 3.8) is 0 Å². The fraction of sp³-hybridized carbons (Fsp3) is 0.185. The SMILES string of the molecule is C=C(N=C(/C=C\C)/C(=C/C)NC1=C(C)C(=O)NCC1)c1ccccc1Sc1ccccc1. The Morgan fingerprint density at radius 1 is 1.12 bits per heavy atom. The lowest BCUT2D eigenvalue weighted by molar-refractivity contribution is -0.117. The molecule has 1 aliphatic rings. The van der Waals surface area contributed by atoms with E-state index in [1.54, 1.807) is 11.8 Å². The monoisotopic (exact) mass is 443 g/mol. The van der Waals surface area contributed by atoms with E-state index in [1.807, 2.05) is 75.4 Å². The van der Waals surface area contributed by atoms with Gasteiger partial charge in [-0.25, -0.2) is 4.99 Å². The maximum Gasteiger partial charge on any atom is 0.248 e. The Labute approximate surface area is 194 Å². The minimum Gasteiger partial charge on any atom is -0.357 e. The van der Waals surface area contributed by atoms with Crippen LogP contribution in [-0.2, 0) is 4.79 Å². The van der Waals surface area contributed by atoms with Crippen LogP contribution in [0.3, 0.4) is 0 Å². The van der Waals surface area contributed by atoms with E-state index in [2.05, 4.69) is 35.4 Å². The topological polar surface area (TPSA) is 53.5 Å². The van der Waals surface area contributed by atoms with E-state index in [9.17, 15) is 4.79 Å². The average Bonchev–Trinajstić information content (AvgIpc) is 2.81. The molecule has 1 heterocycles. The van der Waals surface area contributed by atoms with E-state index in [4.69, 9.17) is 4.99 Å². The summed E-state index contributed by atoms with van der Waals surface area (Å²) in [4.78, 5) is 19.2. The van der Waals surface area contributed by atoms with Crippen molar-refractivity contribution in [2.75, 3.05) is 6.54 Å². The van der Waals surface area contributed by atoms with Crippen molar-refractivity contribution in [1.29, 1.82) is 0 Å². The van der Waals surface area contributed by atoms with Crippen LogP contribution in [-0.4, -0.2) is 18.2 Å². The van der Waals surface area contributed by atoms with Gasteiger partial charge in [-0.1, -0.05) is 66.9 Å². The van der Waals surface area contributed by atoms with Crippen LogP contribution in [0.15, 0.2) is 111 Å². The van der Waals surface area contributed by atoms with Gasteiger partial charge in [0.05, 0.1) is 17.1 Å². The molecular formula is C27H29N3OS. The molecule has 5 heteroatoms. The molecule has 0 aliphatic carbocycles. The van der Waals surface area contributed by atoms with Gasteiger partial charge < -0.3 is 10.6 Å². The van der Waals surface area contributed by atoms with Crippen LogP contribution in [0.5, 0.6) is 0 Å². The maximum atomic E-state index is 12.0. The van der Waals surface area contributed by atoms with Gasteiger partial charge in [0.1, 0.15) is 0 Å². The molecule has 3 rings (SSSR count). The van der Waals surface area contributed by atoms with E-state index in [0.717, 1.165) is 34.0 Å². The molecular weight excluding hydrogens is 414 g/mol. The van der Waals surface area contributed by atoms with Crippen molar-refractivity contribution in [2.45, 2.75) is 37.0 Å². The van der Waals surface area contributed by atoms with Gasteiger partial charge in [-0.15, -0.1) is 0 Å². The van der Waals surface area contributed by atoms with Gasteiger partial charge in [-0.3, -0.25) is 4.79 Å². The third-order valence-corrected chi connectivity index (χ3v) is 6.14. The van der Waals surface area contributed by atoms with Crippen LogP contribution < -0.4 is 10.6 Å². The lowest BCUT2D eigenvalue weighted by Gasteiger charge is -2.21. The molecule has 0 bridgehead atoms. The smallest absolute Gasteiger partial charge is 0.248 e. The lowest BCUT2D eigenvalue weighted by atomic mass is 10.1. The number of allylic oxidation sites excluding steroid dienone is 3. The molecule has 164 valence electrons. The molecule has 0 fully saturated rings. The summed E-state index contributed by atoms with van der Waals surface area (Å²) >= 11 is 1.70. The Morgan fingerprint density at radius 2 is 1.84 bits per heavy atom. The van der Waals surface area contributed by atoms with E-state index in [-0.39, 0.29) is 5.91 Å². The molecule has 2 N–H and O–H groups in total. The quantitative estimate of drug-likeness (QED) is 0.484. The zero-order valence-corrected chi connectivity index (χ0v) is 19.6. The molecule has 0 radical (unpaired) electrons. The van der Waals surface area contributed by atoms with Crippen molar-refractivity contribution in [2.24, 2.45) is 4.99 Å². The Hall–Kier alpha value is -3.31. The summed E-state index contributed by atoms with van der Waals surface area (Å²) in [5.41, 5.74) is 4.92. The minimum atomic E-state index is -0.0324. The Kier molecular flexibility index (Phi) is 8.28. The van der Waals surface area contributed by atoms with Crippen molar-refractivity contribution >= 4 is 29.1 Å². The largest absolute Gasteiger partial charge is 0.357 e. The molecule has 1 amide bonds. The molecule has 0 spiro atoms.